The molecule has 1 amide bonds. The van der Waals surface area contributed by atoms with Crippen LogP contribution in [0.3, 0.4) is 0 Å². The van der Waals surface area contributed by atoms with Crippen molar-refractivity contribution in [1.82, 2.24) is 4.90 Å². The van der Waals surface area contributed by atoms with E-state index in [2.05, 4.69) is 0 Å². The van der Waals surface area contributed by atoms with Crippen LogP contribution in [0.4, 0.5) is 8.78 Å². The molecule has 108 valence electrons. The third-order valence-electron chi connectivity index (χ3n) is 3.46. The highest BCUT2D eigenvalue weighted by Crippen LogP contribution is 2.27. The largest absolute Gasteiger partial charge is 0.481 e. The van der Waals surface area contributed by atoms with Gasteiger partial charge in [0.1, 0.15) is 0 Å². The number of aliphatic carboxylic acids is 1. The molecule has 7 heteroatoms. The van der Waals surface area contributed by atoms with Gasteiger partial charge in [-0.25, -0.2) is 8.78 Å². The van der Waals surface area contributed by atoms with Gasteiger partial charge in [-0.2, -0.15) is 0 Å². The van der Waals surface area contributed by atoms with E-state index in [4.69, 9.17) is 16.7 Å². The third-order valence-corrected chi connectivity index (χ3v) is 3.77. The summed E-state index contributed by atoms with van der Waals surface area (Å²) in [5.74, 6) is -4.75. The standard InChI is InChI=1S/C13H12ClF2NO3/c1-6-4-17(5-8(6)13(19)20)12(18)7-2-10(15)11(16)3-9(7)14/h2-3,6,8H,4-5H2,1H3,(H,19,20). The first-order valence-electron chi connectivity index (χ1n) is 5.98. The summed E-state index contributed by atoms with van der Waals surface area (Å²) in [5, 5.41) is 8.82. The highest BCUT2D eigenvalue weighted by atomic mass is 35.5. The molecule has 1 fully saturated rings. The minimum absolute atomic E-state index is 0.0324. The summed E-state index contributed by atoms with van der Waals surface area (Å²) in [5.41, 5.74) is -0.163. The smallest absolute Gasteiger partial charge is 0.308 e. The summed E-state index contributed by atoms with van der Waals surface area (Å²) in [4.78, 5) is 24.5. The number of carbonyl (C=O) groups is 2. The van der Waals surface area contributed by atoms with Crippen LogP contribution < -0.4 is 0 Å². The van der Waals surface area contributed by atoms with E-state index in [1.807, 2.05) is 0 Å². The quantitative estimate of drug-likeness (QED) is 0.854. The number of hydrogen-bond donors (Lipinski definition) is 1. The van der Waals surface area contributed by atoms with Crippen LogP contribution in [0, 0.1) is 23.5 Å². The summed E-state index contributed by atoms with van der Waals surface area (Å²) in [6.07, 6.45) is 0. The molecule has 1 N–H and O–H groups in total. The maximum atomic E-state index is 13.2. The van der Waals surface area contributed by atoms with Crippen LogP contribution in [0.15, 0.2) is 12.1 Å². The monoisotopic (exact) mass is 303 g/mol. The van der Waals surface area contributed by atoms with Gasteiger partial charge in [-0.3, -0.25) is 9.59 Å². The molecule has 1 heterocycles. The van der Waals surface area contributed by atoms with Crippen LogP contribution in [-0.4, -0.2) is 35.0 Å². The molecule has 0 bridgehead atoms. The number of halogens is 3. The first-order chi connectivity index (χ1) is 9.31. The average Bonchev–Trinajstić information content (AvgIpc) is 2.75. The zero-order chi connectivity index (χ0) is 15.0. The minimum Gasteiger partial charge on any atom is -0.481 e. The normalized spacial score (nSPS) is 22.1. The zero-order valence-electron chi connectivity index (χ0n) is 10.6. The molecular formula is C13H12ClF2NO3. The van der Waals surface area contributed by atoms with E-state index in [1.165, 1.54) is 4.90 Å². The number of carboxylic acid groups (broad SMARTS) is 1. The highest BCUT2D eigenvalue weighted by Gasteiger charge is 2.37. The Morgan fingerprint density at radius 3 is 2.45 bits per heavy atom. The molecule has 0 aliphatic carbocycles. The zero-order valence-corrected chi connectivity index (χ0v) is 11.3. The summed E-state index contributed by atoms with van der Waals surface area (Å²) in [6, 6.07) is 1.47. The predicted octanol–water partition coefficient (Wildman–Crippen LogP) is 2.41. The van der Waals surface area contributed by atoms with Crippen LogP contribution in [0.2, 0.25) is 5.02 Å². The maximum absolute atomic E-state index is 13.2. The van der Waals surface area contributed by atoms with E-state index in [0.717, 1.165) is 12.1 Å². The molecule has 0 aromatic heterocycles. The topological polar surface area (TPSA) is 57.6 Å². The SMILES string of the molecule is CC1CN(C(=O)c2cc(F)c(F)cc2Cl)CC1C(=O)O. The van der Waals surface area contributed by atoms with Gasteiger partial charge in [-0.05, 0) is 18.1 Å². The Bertz CT molecular complexity index is 579. The van der Waals surface area contributed by atoms with E-state index in [-0.39, 0.29) is 29.6 Å². The van der Waals surface area contributed by atoms with Crippen molar-refractivity contribution in [3.63, 3.8) is 0 Å². The summed E-state index contributed by atoms with van der Waals surface area (Å²) >= 11 is 5.74. The molecule has 0 radical (unpaired) electrons. The number of likely N-dealkylation sites (tertiary alicyclic amines) is 1. The molecule has 4 nitrogen and oxygen atoms in total. The maximum Gasteiger partial charge on any atom is 0.308 e. The molecule has 1 saturated heterocycles. The summed E-state index contributed by atoms with van der Waals surface area (Å²) in [6.45, 7) is 1.99. The number of nitrogens with zero attached hydrogens (tertiary/aromatic N) is 1. The lowest BCUT2D eigenvalue weighted by Gasteiger charge is -2.16. The lowest BCUT2D eigenvalue weighted by Crippen LogP contribution is -2.30. The van der Waals surface area contributed by atoms with E-state index < -0.39 is 29.4 Å². The second-order valence-corrected chi connectivity index (χ2v) is 5.29. The van der Waals surface area contributed by atoms with Crippen molar-refractivity contribution in [2.45, 2.75) is 6.92 Å². The van der Waals surface area contributed by atoms with E-state index in [1.54, 1.807) is 6.92 Å². The van der Waals surface area contributed by atoms with Gasteiger partial charge in [0.2, 0.25) is 0 Å². The van der Waals surface area contributed by atoms with Crippen molar-refractivity contribution in [3.8, 4) is 0 Å². The van der Waals surface area contributed by atoms with Crippen LogP contribution in [-0.2, 0) is 4.79 Å². The van der Waals surface area contributed by atoms with Gasteiger partial charge in [-0.15, -0.1) is 0 Å². The van der Waals surface area contributed by atoms with Crippen molar-refractivity contribution < 1.29 is 23.5 Å². The lowest BCUT2D eigenvalue weighted by molar-refractivity contribution is -0.142. The predicted molar refractivity (Wildman–Crippen MR) is 67.6 cm³/mol. The second kappa shape index (κ2) is 5.36. The van der Waals surface area contributed by atoms with Crippen LogP contribution >= 0.6 is 11.6 Å². The molecule has 1 aromatic carbocycles. The van der Waals surface area contributed by atoms with Gasteiger partial charge in [0.15, 0.2) is 11.6 Å². The Morgan fingerprint density at radius 2 is 1.90 bits per heavy atom. The Kier molecular flexibility index (Phi) is 3.94. The molecule has 1 aromatic rings. The number of benzene rings is 1. The number of carboxylic acids is 1. The van der Waals surface area contributed by atoms with Crippen molar-refractivity contribution in [2.75, 3.05) is 13.1 Å². The fraction of sp³-hybridized carbons (Fsp3) is 0.385. The van der Waals surface area contributed by atoms with Gasteiger partial charge in [0.25, 0.3) is 5.91 Å². The molecule has 20 heavy (non-hydrogen) atoms. The number of rotatable bonds is 2. The fourth-order valence-electron chi connectivity index (χ4n) is 2.31. The molecule has 0 saturated carbocycles. The molecule has 0 spiro atoms. The van der Waals surface area contributed by atoms with Crippen LogP contribution in [0.25, 0.3) is 0 Å². The highest BCUT2D eigenvalue weighted by molar-refractivity contribution is 6.33. The molecule has 2 atom stereocenters. The summed E-state index contributed by atoms with van der Waals surface area (Å²) in [7, 11) is 0. The van der Waals surface area contributed by atoms with Crippen LogP contribution in [0.1, 0.15) is 17.3 Å². The second-order valence-electron chi connectivity index (χ2n) is 4.88. The van der Waals surface area contributed by atoms with E-state index in [9.17, 15) is 18.4 Å². The first kappa shape index (κ1) is 14.7. The van der Waals surface area contributed by atoms with Gasteiger partial charge >= 0.3 is 5.97 Å². The first-order valence-corrected chi connectivity index (χ1v) is 6.35. The lowest BCUT2D eigenvalue weighted by atomic mass is 9.99. The molecular weight excluding hydrogens is 292 g/mol. The fourth-order valence-corrected chi connectivity index (χ4v) is 2.54. The molecule has 1 aliphatic rings. The Hall–Kier alpha value is -1.69. The summed E-state index contributed by atoms with van der Waals surface area (Å²) < 4.78 is 26.2. The number of carbonyl (C=O) groups excluding carboxylic acids is 1. The average molecular weight is 304 g/mol. The van der Waals surface area contributed by atoms with Crippen molar-refractivity contribution in [3.05, 3.63) is 34.4 Å². The Morgan fingerprint density at radius 1 is 1.30 bits per heavy atom. The van der Waals surface area contributed by atoms with Gasteiger partial charge < -0.3 is 10.0 Å². The van der Waals surface area contributed by atoms with Gasteiger partial charge in [-0.1, -0.05) is 18.5 Å². The Labute approximate surface area is 118 Å². The number of amides is 1. The van der Waals surface area contributed by atoms with Gasteiger partial charge in [0, 0.05) is 13.1 Å². The molecule has 1 aliphatic heterocycles. The van der Waals surface area contributed by atoms with E-state index >= 15 is 0 Å². The minimum atomic E-state index is -1.17. The molecule has 2 unspecified atom stereocenters. The molecule has 2 rings (SSSR count). The van der Waals surface area contributed by atoms with Crippen molar-refractivity contribution >= 4 is 23.5 Å². The van der Waals surface area contributed by atoms with Crippen molar-refractivity contribution in [2.24, 2.45) is 11.8 Å². The van der Waals surface area contributed by atoms with E-state index in [0.29, 0.717) is 0 Å². The third kappa shape index (κ3) is 2.60. The van der Waals surface area contributed by atoms with Gasteiger partial charge in [0.05, 0.1) is 16.5 Å². The van der Waals surface area contributed by atoms with Crippen LogP contribution in [0.5, 0.6) is 0 Å². The number of hydrogen-bond acceptors (Lipinski definition) is 2. The Balaban J connectivity index is 2.25. The van der Waals surface area contributed by atoms with Crippen molar-refractivity contribution in [1.29, 1.82) is 0 Å².